The number of nitrogens with zero attached hydrogens (tertiary/aromatic N) is 1. The third-order valence-corrected chi connectivity index (χ3v) is 1.90. The van der Waals surface area contributed by atoms with Gasteiger partial charge in [0.25, 0.3) is 5.69 Å². The number of hydrogen-bond acceptors (Lipinski definition) is 2. The van der Waals surface area contributed by atoms with Crippen LogP contribution in [0.1, 0.15) is 11.1 Å². The molecule has 6 heteroatoms. The number of rotatable bonds is 2. The van der Waals surface area contributed by atoms with Crippen LogP contribution in [0.15, 0.2) is 18.2 Å². The zero-order chi connectivity index (χ0) is 12.3. The van der Waals surface area contributed by atoms with E-state index >= 15 is 0 Å². The van der Waals surface area contributed by atoms with E-state index in [2.05, 4.69) is 5.92 Å². The monoisotopic (exact) mass is 229 g/mol. The van der Waals surface area contributed by atoms with E-state index in [1.165, 1.54) is 0 Å². The lowest BCUT2D eigenvalue weighted by atomic mass is 10.1. The number of terminal acetylenes is 1. The fourth-order valence-corrected chi connectivity index (χ4v) is 1.17. The van der Waals surface area contributed by atoms with Gasteiger partial charge in [-0.3, -0.25) is 10.1 Å². The summed E-state index contributed by atoms with van der Waals surface area (Å²) in [6, 6.07) is 2.30. The fraction of sp³-hybridized carbons (Fsp3) is 0.200. The van der Waals surface area contributed by atoms with Gasteiger partial charge in [0.1, 0.15) is 0 Å². The van der Waals surface area contributed by atoms with Gasteiger partial charge in [-0.1, -0.05) is 6.07 Å². The number of alkyl halides is 3. The predicted octanol–water partition coefficient (Wildman–Crippen LogP) is 2.79. The number of hydrogen-bond donors (Lipinski definition) is 0. The van der Waals surface area contributed by atoms with Gasteiger partial charge in [-0.2, -0.15) is 13.2 Å². The maximum atomic E-state index is 12.3. The highest BCUT2D eigenvalue weighted by Gasteiger charge is 2.32. The van der Waals surface area contributed by atoms with Crippen LogP contribution < -0.4 is 0 Å². The van der Waals surface area contributed by atoms with E-state index in [0.29, 0.717) is 6.07 Å². The molecule has 0 N–H and O–H groups in total. The van der Waals surface area contributed by atoms with E-state index in [1.807, 2.05) is 0 Å². The van der Waals surface area contributed by atoms with Gasteiger partial charge in [-0.05, 0) is 6.07 Å². The van der Waals surface area contributed by atoms with Crippen molar-refractivity contribution < 1.29 is 18.1 Å². The highest BCUT2D eigenvalue weighted by Crippen LogP contribution is 2.32. The van der Waals surface area contributed by atoms with Gasteiger partial charge in [0.2, 0.25) is 0 Å². The molecule has 0 spiro atoms. The minimum atomic E-state index is -4.60. The van der Waals surface area contributed by atoms with Crippen LogP contribution in [0.25, 0.3) is 0 Å². The summed E-state index contributed by atoms with van der Waals surface area (Å²) in [6.07, 6.45) is 0.286. The second-order valence-corrected chi connectivity index (χ2v) is 2.98. The van der Waals surface area contributed by atoms with Crippen molar-refractivity contribution in [2.75, 3.05) is 0 Å². The van der Waals surface area contributed by atoms with Crippen molar-refractivity contribution in [1.82, 2.24) is 0 Å². The molecule has 0 unspecified atom stereocenters. The fourth-order valence-electron chi connectivity index (χ4n) is 1.17. The molecular formula is C10H6F3NO2. The third kappa shape index (κ3) is 2.51. The van der Waals surface area contributed by atoms with E-state index in [9.17, 15) is 23.3 Å². The molecule has 84 valence electrons. The summed E-state index contributed by atoms with van der Waals surface area (Å²) in [7, 11) is 0. The predicted molar refractivity (Wildman–Crippen MR) is 50.6 cm³/mol. The molecule has 0 radical (unpaired) electrons. The molecule has 0 saturated carbocycles. The summed E-state index contributed by atoms with van der Waals surface area (Å²) in [5, 5.41) is 10.5. The Hall–Kier alpha value is -2.03. The molecule has 0 aliphatic heterocycles. The minimum Gasteiger partial charge on any atom is -0.258 e. The van der Waals surface area contributed by atoms with Crippen LogP contribution in [0.3, 0.4) is 0 Å². The summed E-state index contributed by atoms with van der Waals surface area (Å²) in [6.45, 7) is 0. The molecule has 0 atom stereocenters. The quantitative estimate of drug-likeness (QED) is 0.444. The SMILES string of the molecule is C#CCc1ccc(C(F)(F)F)cc1[N+](=O)[O-]. The highest BCUT2D eigenvalue weighted by molar-refractivity contribution is 5.45. The first-order valence-corrected chi connectivity index (χ1v) is 4.14. The van der Waals surface area contributed by atoms with Crippen molar-refractivity contribution in [3.63, 3.8) is 0 Å². The van der Waals surface area contributed by atoms with Gasteiger partial charge < -0.3 is 0 Å². The zero-order valence-electron chi connectivity index (χ0n) is 7.91. The van der Waals surface area contributed by atoms with Gasteiger partial charge >= 0.3 is 6.18 Å². The molecule has 0 fully saturated rings. The maximum Gasteiger partial charge on any atom is 0.416 e. The molecule has 0 aliphatic carbocycles. The van der Waals surface area contributed by atoms with Crippen LogP contribution in [0.4, 0.5) is 18.9 Å². The van der Waals surface area contributed by atoms with Crippen molar-refractivity contribution in [1.29, 1.82) is 0 Å². The number of nitro groups is 1. The summed E-state index contributed by atoms with van der Waals surface area (Å²) in [4.78, 5) is 9.67. The van der Waals surface area contributed by atoms with E-state index in [4.69, 9.17) is 6.42 Å². The normalized spacial score (nSPS) is 10.9. The van der Waals surface area contributed by atoms with Gasteiger partial charge in [-0.15, -0.1) is 12.3 Å². The first-order chi connectivity index (χ1) is 7.36. The van der Waals surface area contributed by atoms with Gasteiger partial charge in [-0.25, -0.2) is 0 Å². The average molecular weight is 229 g/mol. The van der Waals surface area contributed by atoms with Crippen LogP contribution in [0.2, 0.25) is 0 Å². The molecule has 0 bridgehead atoms. The third-order valence-electron chi connectivity index (χ3n) is 1.90. The Balaban J connectivity index is 3.29. The molecule has 1 aromatic rings. The minimum absolute atomic E-state index is 0.0749. The van der Waals surface area contributed by atoms with Gasteiger partial charge in [0, 0.05) is 18.1 Å². The molecular weight excluding hydrogens is 223 g/mol. The van der Waals surface area contributed by atoms with Crippen LogP contribution in [0.5, 0.6) is 0 Å². The summed E-state index contributed by atoms with van der Waals surface area (Å²) < 4.78 is 36.9. The van der Waals surface area contributed by atoms with Crippen molar-refractivity contribution in [3.8, 4) is 12.3 Å². The van der Waals surface area contributed by atoms with Crippen LogP contribution in [-0.4, -0.2) is 4.92 Å². The van der Waals surface area contributed by atoms with Crippen LogP contribution in [0, 0.1) is 22.5 Å². The lowest BCUT2D eigenvalue weighted by Crippen LogP contribution is -2.06. The molecule has 3 nitrogen and oxygen atoms in total. The molecule has 0 heterocycles. The smallest absolute Gasteiger partial charge is 0.258 e. The molecule has 0 amide bonds. The maximum absolute atomic E-state index is 12.3. The van der Waals surface area contributed by atoms with Crippen molar-refractivity contribution in [2.45, 2.75) is 12.6 Å². The van der Waals surface area contributed by atoms with E-state index < -0.39 is 22.4 Å². The van der Waals surface area contributed by atoms with Crippen LogP contribution in [-0.2, 0) is 12.6 Å². The van der Waals surface area contributed by atoms with E-state index in [-0.39, 0.29) is 12.0 Å². The van der Waals surface area contributed by atoms with Crippen molar-refractivity contribution >= 4 is 5.69 Å². The molecule has 1 rings (SSSR count). The number of halogens is 3. The average Bonchev–Trinajstić information content (AvgIpc) is 2.16. The lowest BCUT2D eigenvalue weighted by Gasteiger charge is -2.07. The Kier molecular flexibility index (Phi) is 3.18. The second-order valence-electron chi connectivity index (χ2n) is 2.98. The van der Waals surface area contributed by atoms with Gasteiger partial charge in [0.15, 0.2) is 0 Å². The Morgan fingerprint density at radius 3 is 2.50 bits per heavy atom. The first kappa shape index (κ1) is 12.0. The molecule has 16 heavy (non-hydrogen) atoms. The summed E-state index contributed by atoms with van der Waals surface area (Å²) >= 11 is 0. The zero-order valence-corrected chi connectivity index (χ0v) is 7.91. The van der Waals surface area contributed by atoms with E-state index in [0.717, 1.165) is 12.1 Å². The second kappa shape index (κ2) is 4.23. The highest BCUT2D eigenvalue weighted by atomic mass is 19.4. The molecule has 0 aliphatic rings. The largest absolute Gasteiger partial charge is 0.416 e. The Morgan fingerprint density at radius 1 is 1.44 bits per heavy atom. The van der Waals surface area contributed by atoms with E-state index in [1.54, 1.807) is 0 Å². The molecule has 0 saturated heterocycles. The Labute approximate surface area is 89.0 Å². The Bertz CT molecular complexity index is 460. The topological polar surface area (TPSA) is 43.1 Å². The standard InChI is InChI=1S/C10H6F3NO2/c1-2-3-7-4-5-8(10(11,12)13)6-9(7)14(15)16/h1,4-6H,3H2. The summed E-state index contributed by atoms with van der Waals surface area (Å²) in [5.74, 6) is 2.15. The molecule has 0 aromatic heterocycles. The van der Waals surface area contributed by atoms with Crippen LogP contribution >= 0.6 is 0 Å². The van der Waals surface area contributed by atoms with Crippen molar-refractivity contribution in [3.05, 3.63) is 39.4 Å². The number of benzene rings is 1. The lowest BCUT2D eigenvalue weighted by molar-refractivity contribution is -0.385. The molecule has 1 aromatic carbocycles. The first-order valence-electron chi connectivity index (χ1n) is 4.14. The van der Waals surface area contributed by atoms with Gasteiger partial charge in [0.05, 0.1) is 10.5 Å². The number of nitro benzene ring substituents is 1. The van der Waals surface area contributed by atoms with Crippen molar-refractivity contribution in [2.24, 2.45) is 0 Å². The Morgan fingerprint density at radius 2 is 2.06 bits per heavy atom. The summed E-state index contributed by atoms with van der Waals surface area (Å²) in [5.41, 5.74) is -1.56.